The number of aliphatic hydroxyl groups excluding tert-OH is 1. The largest absolute Gasteiger partial charge is 0.507 e. The SMILES string of the molecule is CCCc1c(OCCCSc2ccc(C(O)C(C)(C)CC(=O)O)cc2Cl)ccc(C(C)=O)c1O. The molecule has 8 heteroatoms. The number of hydrogen-bond donors (Lipinski definition) is 3. The molecule has 186 valence electrons. The molecule has 0 fully saturated rings. The lowest BCUT2D eigenvalue weighted by Gasteiger charge is -2.29. The molecule has 0 bridgehead atoms. The zero-order valence-electron chi connectivity index (χ0n) is 20.1. The van der Waals surface area contributed by atoms with E-state index in [0.29, 0.717) is 40.5 Å². The van der Waals surface area contributed by atoms with E-state index in [1.807, 2.05) is 13.0 Å². The standard InChI is InChI=1S/C26H33ClO6S/c1-5-7-19-21(10-9-18(16(2)28)24(19)31)33-12-6-13-34-22-11-8-17(14-20(22)27)25(32)26(3,4)15-23(29)30/h8-11,14,25,31-32H,5-7,12-13,15H2,1-4H3,(H,29,30). The molecule has 0 saturated carbocycles. The Kier molecular flexibility index (Phi) is 10.3. The van der Waals surface area contributed by atoms with Gasteiger partial charge < -0.3 is 20.1 Å². The molecule has 0 radical (unpaired) electrons. The van der Waals surface area contributed by atoms with Crippen molar-refractivity contribution < 1.29 is 29.6 Å². The van der Waals surface area contributed by atoms with E-state index >= 15 is 0 Å². The maximum atomic E-state index is 11.7. The molecule has 0 saturated heterocycles. The summed E-state index contributed by atoms with van der Waals surface area (Å²) in [6.07, 6.45) is 1.07. The van der Waals surface area contributed by atoms with Gasteiger partial charge in [-0.1, -0.05) is 44.9 Å². The minimum atomic E-state index is -0.962. The second-order valence-corrected chi connectivity index (χ2v) is 10.5. The fourth-order valence-electron chi connectivity index (χ4n) is 3.69. The number of phenolic OH excluding ortho intramolecular Hbond substituents is 1. The summed E-state index contributed by atoms with van der Waals surface area (Å²) in [7, 11) is 0. The summed E-state index contributed by atoms with van der Waals surface area (Å²) in [5.41, 5.74) is 0.724. The molecule has 2 aromatic carbocycles. The molecule has 2 rings (SSSR count). The van der Waals surface area contributed by atoms with Gasteiger partial charge in [0.15, 0.2) is 5.78 Å². The molecule has 0 aliphatic rings. The molecule has 0 amide bonds. The van der Waals surface area contributed by atoms with Gasteiger partial charge in [-0.15, -0.1) is 11.8 Å². The fraction of sp³-hybridized carbons (Fsp3) is 0.462. The third kappa shape index (κ3) is 7.39. The zero-order chi connectivity index (χ0) is 25.5. The van der Waals surface area contributed by atoms with E-state index in [-0.39, 0.29) is 18.0 Å². The number of aliphatic hydroxyl groups is 1. The van der Waals surface area contributed by atoms with E-state index in [1.54, 1.807) is 49.9 Å². The van der Waals surface area contributed by atoms with Gasteiger partial charge in [-0.25, -0.2) is 0 Å². The third-order valence-corrected chi connectivity index (χ3v) is 7.13. The molecule has 0 aliphatic heterocycles. The third-order valence-electron chi connectivity index (χ3n) is 5.54. The monoisotopic (exact) mass is 508 g/mol. The Labute approximate surface area is 210 Å². The smallest absolute Gasteiger partial charge is 0.303 e. The minimum absolute atomic E-state index is 0.00168. The summed E-state index contributed by atoms with van der Waals surface area (Å²) in [6, 6.07) is 8.62. The maximum absolute atomic E-state index is 11.7. The Morgan fingerprint density at radius 3 is 2.50 bits per heavy atom. The molecule has 34 heavy (non-hydrogen) atoms. The molecule has 1 atom stereocenters. The number of benzene rings is 2. The topological polar surface area (TPSA) is 104 Å². The summed E-state index contributed by atoms with van der Waals surface area (Å²) in [5, 5.41) is 30.6. The van der Waals surface area contributed by atoms with E-state index in [2.05, 4.69) is 0 Å². The van der Waals surface area contributed by atoms with E-state index in [1.165, 1.54) is 6.92 Å². The first-order chi connectivity index (χ1) is 16.0. The molecule has 0 spiro atoms. The number of carboxylic acids is 1. The predicted molar refractivity (Wildman–Crippen MR) is 135 cm³/mol. The second kappa shape index (κ2) is 12.5. The van der Waals surface area contributed by atoms with E-state index in [4.69, 9.17) is 21.4 Å². The Bertz CT molecular complexity index is 1020. The zero-order valence-corrected chi connectivity index (χ0v) is 21.6. The van der Waals surface area contributed by atoms with Crippen molar-refractivity contribution in [3.05, 3.63) is 52.0 Å². The highest BCUT2D eigenvalue weighted by atomic mass is 35.5. The molecule has 1 unspecified atom stereocenters. The molecular weight excluding hydrogens is 476 g/mol. The van der Waals surface area contributed by atoms with Gasteiger partial charge in [0.1, 0.15) is 11.5 Å². The predicted octanol–water partition coefficient (Wildman–Crippen LogP) is 6.30. The number of carbonyl (C=O) groups is 2. The molecule has 2 aromatic rings. The number of ketones is 1. The number of Topliss-reactive ketones (excluding diaryl/α,β-unsaturated/α-hetero) is 1. The van der Waals surface area contributed by atoms with Gasteiger partial charge in [0.25, 0.3) is 0 Å². The van der Waals surface area contributed by atoms with Crippen LogP contribution in [-0.4, -0.2) is 39.4 Å². The van der Waals surface area contributed by atoms with Crippen LogP contribution < -0.4 is 4.74 Å². The average Bonchev–Trinajstić information content (AvgIpc) is 2.75. The number of hydrogen-bond acceptors (Lipinski definition) is 6. The van der Waals surface area contributed by atoms with Crippen LogP contribution in [0.4, 0.5) is 0 Å². The van der Waals surface area contributed by atoms with Crippen molar-refractivity contribution in [1.82, 2.24) is 0 Å². The Morgan fingerprint density at radius 1 is 1.21 bits per heavy atom. The molecule has 3 N–H and O–H groups in total. The van der Waals surface area contributed by atoms with E-state index in [0.717, 1.165) is 23.5 Å². The summed E-state index contributed by atoms with van der Waals surface area (Å²) in [4.78, 5) is 23.6. The highest BCUT2D eigenvalue weighted by Crippen LogP contribution is 2.39. The first-order valence-electron chi connectivity index (χ1n) is 11.3. The van der Waals surface area contributed by atoms with Crippen LogP contribution in [0.15, 0.2) is 35.2 Å². The van der Waals surface area contributed by atoms with Gasteiger partial charge in [-0.3, -0.25) is 9.59 Å². The van der Waals surface area contributed by atoms with Crippen LogP contribution >= 0.6 is 23.4 Å². The number of carboxylic acid groups (broad SMARTS) is 1. The summed E-state index contributed by atoms with van der Waals surface area (Å²) in [5.74, 6) is 0.193. The van der Waals surface area contributed by atoms with Gasteiger partial charge in [-0.05, 0) is 49.6 Å². The van der Waals surface area contributed by atoms with Crippen molar-refractivity contribution in [1.29, 1.82) is 0 Å². The number of aromatic hydroxyl groups is 1. The minimum Gasteiger partial charge on any atom is -0.507 e. The Hall–Kier alpha value is -2.22. The van der Waals surface area contributed by atoms with Crippen molar-refractivity contribution >= 4 is 35.1 Å². The van der Waals surface area contributed by atoms with E-state index in [9.17, 15) is 19.8 Å². The maximum Gasteiger partial charge on any atom is 0.303 e. The van der Waals surface area contributed by atoms with Crippen molar-refractivity contribution in [3.63, 3.8) is 0 Å². The molecule has 0 aromatic heterocycles. The first kappa shape index (κ1) is 28.0. The average molecular weight is 509 g/mol. The number of rotatable bonds is 13. The summed E-state index contributed by atoms with van der Waals surface area (Å²) < 4.78 is 5.89. The molecule has 6 nitrogen and oxygen atoms in total. The Balaban J connectivity index is 1.94. The Morgan fingerprint density at radius 2 is 1.91 bits per heavy atom. The lowest BCUT2D eigenvalue weighted by atomic mass is 9.80. The van der Waals surface area contributed by atoms with Crippen LogP contribution in [0.3, 0.4) is 0 Å². The summed E-state index contributed by atoms with van der Waals surface area (Å²) >= 11 is 7.98. The second-order valence-electron chi connectivity index (χ2n) is 8.95. The molecular formula is C26H33ClO6S. The van der Waals surface area contributed by atoms with Crippen LogP contribution in [0, 0.1) is 5.41 Å². The van der Waals surface area contributed by atoms with Crippen molar-refractivity contribution in [2.24, 2.45) is 5.41 Å². The number of thioether (sulfide) groups is 1. The molecule has 0 heterocycles. The van der Waals surface area contributed by atoms with Crippen LogP contribution in [0.5, 0.6) is 11.5 Å². The highest BCUT2D eigenvalue weighted by molar-refractivity contribution is 7.99. The number of ether oxygens (including phenoxy) is 1. The van der Waals surface area contributed by atoms with E-state index < -0.39 is 17.5 Å². The van der Waals surface area contributed by atoms with Gasteiger partial charge in [-0.2, -0.15) is 0 Å². The van der Waals surface area contributed by atoms with Crippen LogP contribution in [0.2, 0.25) is 5.02 Å². The van der Waals surface area contributed by atoms with Crippen molar-refractivity contribution in [2.75, 3.05) is 12.4 Å². The highest BCUT2D eigenvalue weighted by Gasteiger charge is 2.32. The number of halogens is 1. The number of carbonyl (C=O) groups excluding carboxylic acids is 1. The van der Waals surface area contributed by atoms with Crippen molar-refractivity contribution in [3.8, 4) is 11.5 Å². The van der Waals surface area contributed by atoms with Crippen molar-refractivity contribution in [2.45, 2.75) is 64.4 Å². The van der Waals surface area contributed by atoms with Gasteiger partial charge in [0.2, 0.25) is 0 Å². The summed E-state index contributed by atoms with van der Waals surface area (Å²) in [6.45, 7) is 7.29. The fourth-order valence-corrected chi connectivity index (χ4v) is 4.89. The number of phenols is 1. The van der Waals surface area contributed by atoms with Crippen LogP contribution in [-0.2, 0) is 11.2 Å². The normalized spacial score (nSPS) is 12.4. The molecule has 0 aliphatic carbocycles. The van der Waals surface area contributed by atoms with Crippen LogP contribution in [0.25, 0.3) is 0 Å². The van der Waals surface area contributed by atoms with Gasteiger partial charge in [0, 0.05) is 21.6 Å². The lowest BCUT2D eigenvalue weighted by Crippen LogP contribution is -2.25. The number of aliphatic carboxylic acids is 1. The quantitative estimate of drug-likeness (QED) is 0.166. The van der Waals surface area contributed by atoms with Gasteiger partial charge >= 0.3 is 5.97 Å². The van der Waals surface area contributed by atoms with Gasteiger partial charge in [0.05, 0.1) is 29.7 Å². The first-order valence-corrected chi connectivity index (χ1v) is 12.6. The van der Waals surface area contributed by atoms with Crippen LogP contribution in [0.1, 0.15) is 74.5 Å². The lowest BCUT2D eigenvalue weighted by molar-refractivity contribution is -0.141.